The van der Waals surface area contributed by atoms with E-state index in [1.165, 1.54) is 31.9 Å². The first kappa shape index (κ1) is 23.0. The number of benzene rings is 5. The van der Waals surface area contributed by atoms with Gasteiger partial charge < -0.3 is 0 Å². The van der Waals surface area contributed by atoms with Gasteiger partial charge in [0.05, 0.1) is 22.6 Å². The van der Waals surface area contributed by atoms with Gasteiger partial charge in [0.1, 0.15) is 0 Å². The zero-order valence-electron chi connectivity index (χ0n) is 21.5. The Morgan fingerprint density at radius 3 is 1.70 bits per heavy atom. The molecular weight excluding hydrogens is 506 g/mol. The molecule has 3 nitrogen and oxygen atoms in total. The Kier molecular flexibility index (Phi) is 5.39. The van der Waals surface area contributed by atoms with Crippen LogP contribution < -0.4 is 0 Å². The number of aromatic nitrogens is 3. The van der Waals surface area contributed by atoms with Gasteiger partial charge in [0, 0.05) is 37.4 Å². The summed E-state index contributed by atoms with van der Waals surface area (Å²) in [7, 11) is 0. The highest BCUT2D eigenvalue weighted by Gasteiger charge is 2.28. The highest BCUT2D eigenvalue weighted by Crippen LogP contribution is 2.52. The van der Waals surface area contributed by atoms with E-state index in [2.05, 4.69) is 132 Å². The molecule has 0 N–H and O–H groups in total. The molecule has 0 aliphatic carbocycles. The summed E-state index contributed by atoms with van der Waals surface area (Å²) in [6, 6.07) is 48.8. The van der Waals surface area contributed by atoms with Crippen LogP contribution in [0, 0.1) is 0 Å². The smallest absolute Gasteiger partial charge is 0.235 e. The SMILES string of the molecule is c1ccc(-c2cc(-c3ccccc3)nc(-n3c4c(c5ccccc53)-c3ccccc3Sc3ccccc3-4)n2)cc1. The molecule has 0 spiro atoms. The molecule has 0 unspecified atom stereocenters. The average Bonchev–Trinajstić information content (AvgIpc) is 3.29. The van der Waals surface area contributed by atoms with Crippen LogP contribution in [0.25, 0.3) is 61.8 Å². The zero-order valence-corrected chi connectivity index (χ0v) is 22.3. The van der Waals surface area contributed by atoms with Crippen molar-refractivity contribution < 1.29 is 0 Å². The van der Waals surface area contributed by atoms with Crippen LogP contribution in [0.5, 0.6) is 0 Å². The van der Waals surface area contributed by atoms with Gasteiger partial charge in [-0.05, 0) is 29.8 Å². The van der Waals surface area contributed by atoms with Crippen LogP contribution in [0.3, 0.4) is 0 Å². The fourth-order valence-corrected chi connectivity index (χ4v) is 6.74. The molecule has 3 heterocycles. The molecule has 40 heavy (non-hydrogen) atoms. The second kappa shape index (κ2) is 9.37. The number of hydrogen-bond donors (Lipinski definition) is 0. The maximum Gasteiger partial charge on any atom is 0.235 e. The lowest BCUT2D eigenvalue weighted by Crippen LogP contribution is -2.06. The molecule has 8 rings (SSSR count). The van der Waals surface area contributed by atoms with Crippen molar-refractivity contribution in [2.75, 3.05) is 0 Å². The molecule has 1 aliphatic heterocycles. The van der Waals surface area contributed by atoms with Gasteiger partial charge in [-0.25, -0.2) is 9.97 Å². The minimum Gasteiger partial charge on any atom is -0.277 e. The highest BCUT2D eigenvalue weighted by atomic mass is 32.2. The van der Waals surface area contributed by atoms with Crippen molar-refractivity contribution in [2.24, 2.45) is 0 Å². The summed E-state index contributed by atoms with van der Waals surface area (Å²) in [6.07, 6.45) is 0. The van der Waals surface area contributed by atoms with Gasteiger partial charge in [0.2, 0.25) is 5.95 Å². The van der Waals surface area contributed by atoms with E-state index in [0.29, 0.717) is 5.95 Å². The molecular formula is C36H23N3S. The van der Waals surface area contributed by atoms with E-state index in [-0.39, 0.29) is 0 Å². The maximum absolute atomic E-state index is 5.23. The summed E-state index contributed by atoms with van der Waals surface area (Å²) in [4.78, 5) is 12.9. The highest BCUT2D eigenvalue weighted by molar-refractivity contribution is 7.99. The van der Waals surface area contributed by atoms with Crippen molar-refractivity contribution in [1.82, 2.24) is 14.5 Å². The molecule has 0 amide bonds. The van der Waals surface area contributed by atoms with E-state index in [1.54, 1.807) is 0 Å². The van der Waals surface area contributed by atoms with E-state index < -0.39 is 0 Å². The third-order valence-corrected chi connectivity index (χ3v) is 8.60. The Morgan fingerprint density at radius 2 is 1.02 bits per heavy atom. The van der Waals surface area contributed by atoms with Gasteiger partial charge in [-0.1, -0.05) is 127 Å². The van der Waals surface area contributed by atoms with Crippen LogP contribution in [-0.4, -0.2) is 14.5 Å². The first-order valence-corrected chi connectivity index (χ1v) is 14.2. The predicted molar refractivity (Wildman–Crippen MR) is 165 cm³/mol. The summed E-state index contributed by atoms with van der Waals surface area (Å²) >= 11 is 1.82. The topological polar surface area (TPSA) is 30.7 Å². The Balaban J connectivity index is 1.52. The van der Waals surface area contributed by atoms with Crippen LogP contribution in [0.1, 0.15) is 0 Å². The summed E-state index contributed by atoms with van der Waals surface area (Å²) in [6.45, 7) is 0. The van der Waals surface area contributed by atoms with Crippen molar-refractivity contribution in [3.05, 3.63) is 140 Å². The Morgan fingerprint density at radius 1 is 0.500 bits per heavy atom. The molecule has 188 valence electrons. The molecule has 0 radical (unpaired) electrons. The first-order valence-electron chi connectivity index (χ1n) is 13.4. The number of rotatable bonds is 3. The maximum atomic E-state index is 5.23. The van der Waals surface area contributed by atoms with Gasteiger partial charge >= 0.3 is 0 Å². The standard InChI is InChI=1S/C36H23N3S/c1-3-13-24(14-4-1)29-23-30(25-15-5-2-6-16-25)38-36(37-29)39-31-20-10-7-17-26(31)34-27-18-8-11-21-32(27)40-33-22-12-9-19-28(33)35(34)39/h1-23H. The lowest BCUT2D eigenvalue weighted by molar-refractivity contribution is 0.972. The predicted octanol–water partition coefficient (Wildman–Crippen LogP) is 9.55. The van der Waals surface area contributed by atoms with E-state index >= 15 is 0 Å². The van der Waals surface area contributed by atoms with Crippen LogP contribution in [-0.2, 0) is 0 Å². The van der Waals surface area contributed by atoms with Crippen molar-refractivity contribution in [3.8, 4) is 50.8 Å². The van der Waals surface area contributed by atoms with Crippen LogP contribution >= 0.6 is 11.8 Å². The van der Waals surface area contributed by atoms with Gasteiger partial charge in [0.25, 0.3) is 0 Å². The molecule has 5 aromatic carbocycles. The average molecular weight is 530 g/mol. The summed E-state index contributed by atoms with van der Waals surface area (Å²) < 4.78 is 2.27. The molecule has 0 saturated carbocycles. The quantitative estimate of drug-likeness (QED) is 0.228. The third kappa shape index (κ3) is 3.69. The van der Waals surface area contributed by atoms with Gasteiger partial charge in [-0.2, -0.15) is 0 Å². The molecule has 1 aliphatic rings. The van der Waals surface area contributed by atoms with Crippen LogP contribution in [0.15, 0.2) is 149 Å². The second-order valence-corrected chi connectivity index (χ2v) is 10.9. The van der Waals surface area contributed by atoms with Crippen LogP contribution in [0.4, 0.5) is 0 Å². The number of nitrogens with zero attached hydrogens (tertiary/aromatic N) is 3. The molecule has 0 bridgehead atoms. The van der Waals surface area contributed by atoms with Crippen molar-refractivity contribution in [1.29, 1.82) is 0 Å². The fourth-order valence-electron chi connectivity index (χ4n) is 5.66. The lowest BCUT2D eigenvalue weighted by Gasteiger charge is -2.15. The number of fused-ring (bicyclic) bond motifs is 7. The Labute approximate surface area is 236 Å². The largest absolute Gasteiger partial charge is 0.277 e. The van der Waals surface area contributed by atoms with E-state index in [4.69, 9.17) is 9.97 Å². The normalized spacial score (nSPS) is 11.9. The Bertz CT molecular complexity index is 1970. The van der Waals surface area contributed by atoms with Crippen molar-refractivity contribution in [2.45, 2.75) is 9.79 Å². The number of hydrogen-bond acceptors (Lipinski definition) is 3. The van der Waals surface area contributed by atoms with Crippen molar-refractivity contribution >= 4 is 22.7 Å². The van der Waals surface area contributed by atoms with Crippen LogP contribution in [0.2, 0.25) is 0 Å². The molecule has 0 fully saturated rings. The van der Waals surface area contributed by atoms with Gasteiger partial charge in [-0.3, -0.25) is 4.57 Å². The monoisotopic (exact) mass is 529 g/mol. The molecule has 7 aromatic rings. The third-order valence-electron chi connectivity index (χ3n) is 7.45. The Hall–Kier alpha value is -4.93. The summed E-state index contributed by atoms with van der Waals surface area (Å²) in [5.74, 6) is 0.664. The van der Waals surface area contributed by atoms with Crippen molar-refractivity contribution in [3.63, 3.8) is 0 Å². The molecule has 2 aromatic heterocycles. The summed E-state index contributed by atoms with van der Waals surface area (Å²) in [5, 5.41) is 1.19. The minimum atomic E-state index is 0.664. The number of para-hydroxylation sites is 1. The van der Waals surface area contributed by atoms with E-state index in [9.17, 15) is 0 Å². The molecule has 4 heteroatoms. The van der Waals surface area contributed by atoms with E-state index in [1.807, 2.05) is 23.9 Å². The zero-order chi connectivity index (χ0) is 26.5. The summed E-state index contributed by atoms with van der Waals surface area (Å²) in [5.41, 5.74) is 9.77. The second-order valence-electron chi connectivity index (χ2n) is 9.84. The molecule has 0 atom stereocenters. The molecule has 0 saturated heterocycles. The van der Waals surface area contributed by atoms with Gasteiger partial charge in [-0.15, -0.1) is 0 Å². The lowest BCUT2D eigenvalue weighted by atomic mass is 9.98. The van der Waals surface area contributed by atoms with E-state index in [0.717, 1.165) is 33.7 Å². The first-order chi connectivity index (χ1) is 19.8. The minimum absolute atomic E-state index is 0.664. The fraction of sp³-hybridized carbons (Fsp3) is 0. The van der Waals surface area contributed by atoms with Gasteiger partial charge in [0.15, 0.2) is 0 Å².